The Balaban J connectivity index is 1.38. The molecule has 2 aromatic heterocycles. The maximum Gasteiger partial charge on any atom is 0.200 e. The topological polar surface area (TPSA) is 38.3 Å². The average Bonchev–Trinajstić information content (AvgIpc) is 3.49. The summed E-state index contributed by atoms with van der Waals surface area (Å²) in [6.45, 7) is 0. The molecule has 0 atom stereocenters. The average molecular weight is 515 g/mol. The highest BCUT2D eigenvalue weighted by Gasteiger charge is 2.27. The monoisotopic (exact) mass is 515 g/mol. The Morgan fingerprint density at radius 2 is 1.16 bits per heavy atom. The van der Waals surface area contributed by atoms with Gasteiger partial charge in [-0.05, 0) is 48.0 Å². The number of anilines is 2. The number of nitrogens with one attached hydrogen (secondary N) is 1. The van der Waals surface area contributed by atoms with Crippen molar-refractivity contribution in [3.8, 4) is 11.1 Å². The van der Waals surface area contributed by atoms with Gasteiger partial charge in [0, 0.05) is 27.9 Å². The molecule has 5 aromatic carbocycles. The van der Waals surface area contributed by atoms with E-state index in [1.54, 1.807) is 18.2 Å². The number of furan rings is 2. The van der Waals surface area contributed by atoms with Gasteiger partial charge in [-0.15, -0.1) is 0 Å². The third-order valence-corrected chi connectivity index (χ3v) is 6.65. The fourth-order valence-electron chi connectivity index (χ4n) is 4.90. The van der Waals surface area contributed by atoms with Crippen LogP contribution in [0.25, 0.3) is 55.0 Å². The van der Waals surface area contributed by atoms with Crippen LogP contribution in [-0.2, 0) is 0 Å². The Hall–Kier alpha value is -4.85. The number of halogens is 5. The molecule has 8 heteroatoms. The molecular weight excluding hydrogens is 501 g/mol. The molecule has 0 amide bonds. The van der Waals surface area contributed by atoms with Gasteiger partial charge in [-0.25, -0.2) is 22.0 Å². The van der Waals surface area contributed by atoms with Gasteiger partial charge in [0.15, 0.2) is 23.3 Å². The third-order valence-electron chi connectivity index (χ3n) is 6.65. The number of benzene rings is 5. The Bertz CT molecular complexity index is 2050. The van der Waals surface area contributed by atoms with Gasteiger partial charge in [-0.1, -0.05) is 30.3 Å². The van der Waals surface area contributed by atoms with Crippen LogP contribution in [0.1, 0.15) is 0 Å². The van der Waals surface area contributed by atoms with E-state index in [0.29, 0.717) is 38.9 Å². The van der Waals surface area contributed by atoms with Crippen molar-refractivity contribution in [2.45, 2.75) is 0 Å². The second-order valence-corrected chi connectivity index (χ2v) is 8.87. The van der Waals surface area contributed by atoms with E-state index in [4.69, 9.17) is 8.83 Å². The first kappa shape index (κ1) is 22.4. The predicted octanol–water partition coefficient (Wildman–Crippen LogP) is 9.59. The second-order valence-electron chi connectivity index (χ2n) is 8.87. The van der Waals surface area contributed by atoms with Crippen LogP contribution in [-0.4, -0.2) is 0 Å². The highest BCUT2D eigenvalue weighted by molar-refractivity contribution is 6.13. The van der Waals surface area contributed by atoms with E-state index in [1.165, 1.54) is 18.2 Å². The summed E-state index contributed by atoms with van der Waals surface area (Å²) in [6.07, 6.45) is 0. The standard InChI is InChI=1S/C30H14F5NO2/c31-26-24(27(32)29(34)30(35)28(26)33)14-8-11-21-18(12-14)25-19(5-3-7-22(25)37-21)36-15-9-10-17-16-4-1-2-6-20(16)38-23(17)13-15/h1-13,36H. The van der Waals surface area contributed by atoms with Gasteiger partial charge in [0.05, 0.1) is 16.6 Å². The fourth-order valence-corrected chi connectivity index (χ4v) is 4.90. The molecule has 7 rings (SSSR count). The van der Waals surface area contributed by atoms with Gasteiger partial charge in [0.2, 0.25) is 5.82 Å². The van der Waals surface area contributed by atoms with Crippen molar-refractivity contribution in [1.82, 2.24) is 0 Å². The first-order valence-electron chi connectivity index (χ1n) is 11.6. The predicted molar refractivity (Wildman–Crippen MR) is 136 cm³/mol. The van der Waals surface area contributed by atoms with Crippen LogP contribution in [0.4, 0.5) is 33.3 Å². The van der Waals surface area contributed by atoms with Crippen molar-refractivity contribution in [3.05, 3.63) is 108 Å². The third kappa shape index (κ3) is 3.19. The molecule has 1 N–H and O–H groups in total. The van der Waals surface area contributed by atoms with Crippen LogP contribution >= 0.6 is 0 Å². The van der Waals surface area contributed by atoms with E-state index >= 15 is 0 Å². The first-order valence-corrected chi connectivity index (χ1v) is 11.6. The zero-order valence-electron chi connectivity index (χ0n) is 19.2. The molecule has 2 heterocycles. The fraction of sp³-hybridized carbons (Fsp3) is 0. The van der Waals surface area contributed by atoms with Gasteiger partial charge >= 0.3 is 0 Å². The van der Waals surface area contributed by atoms with Crippen molar-refractivity contribution in [3.63, 3.8) is 0 Å². The highest BCUT2D eigenvalue weighted by Crippen LogP contribution is 2.40. The van der Waals surface area contributed by atoms with Gasteiger partial charge < -0.3 is 14.2 Å². The van der Waals surface area contributed by atoms with Crippen LogP contribution in [0, 0.1) is 29.1 Å². The molecule has 38 heavy (non-hydrogen) atoms. The van der Waals surface area contributed by atoms with Crippen molar-refractivity contribution < 1.29 is 30.8 Å². The molecule has 0 aliphatic rings. The van der Waals surface area contributed by atoms with E-state index < -0.39 is 34.6 Å². The van der Waals surface area contributed by atoms with E-state index in [2.05, 4.69) is 5.32 Å². The minimum absolute atomic E-state index is 0.175. The van der Waals surface area contributed by atoms with Gasteiger partial charge in [0.1, 0.15) is 22.3 Å². The van der Waals surface area contributed by atoms with Crippen molar-refractivity contribution in [2.75, 3.05) is 5.32 Å². The Kier molecular flexibility index (Phi) is 4.75. The normalized spacial score (nSPS) is 11.8. The zero-order chi connectivity index (χ0) is 26.1. The Labute approximate surface area is 210 Å². The SMILES string of the molecule is Fc1c(F)c(F)c(-c2ccc3oc4cccc(Nc5ccc6c(c5)oc5ccccc56)c4c3c2)c(F)c1F. The first-order chi connectivity index (χ1) is 18.4. The molecule has 186 valence electrons. The van der Waals surface area contributed by atoms with Crippen molar-refractivity contribution in [2.24, 2.45) is 0 Å². The van der Waals surface area contributed by atoms with Gasteiger partial charge in [-0.2, -0.15) is 0 Å². The maximum absolute atomic E-state index is 14.5. The second kappa shape index (κ2) is 8.08. The molecule has 0 aliphatic carbocycles. The minimum Gasteiger partial charge on any atom is -0.456 e. The number of fused-ring (bicyclic) bond motifs is 6. The molecule has 0 aliphatic heterocycles. The lowest BCUT2D eigenvalue weighted by atomic mass is 10.0. The molecular formula is C30H14F5NO2. The summed E-state index contributed by atoms with van der Waals surface area (Å²) in [4.78, 5) is 0. The molecule has 0 fully saturated rings. The smallest absolute Gasteiger partial charge is 0.200 e. The summed E-state index contributed by atoms with van der Waals surface area (Å²) >= 11 is 0. The Morgan fingerprint density at radius 3 is 1.97 bits per heavy atom. The number of hydrogen-bond donors (Lipinski definition) is 1. The number of rotatable bonds is 3. The Morgan fingerprint density at radius 1 is 0.500 bits per heavy atom. The molecule has 0 bridgehead atoms. The largest absolute Gasteiger partial charge is 0.456 e. The molecule has 3 nitrogen and oxygen atoms in total. The lowest BCUT2D eigenvalue weighted by Crippen LogP contribution is -2.03. The summed E-state index contributed by atoms with van der Waals surface area (Å²) in [5.74, 6) is -10.00. The van der Waals surface area contributed by atoms with E-state index in [1.807, 2.05) is 42.5 Å². The van der Waals surface area contributed by atoms with Crippen LogP contribution < -0.4 is 5.32 Å². The quantitative estimate of drug-likeness (QED) is 0.145. The van der Waals surface area contributed by atoms with E-state index in [9.17, 15) is 22.0 Å². The van der Waals surface area contributed by atoms with E-state index in [0.717, 1.165) is 16.4 Å². The van der Waals surface area contributed by atoms with Crippen LogP contribution in [0.3, 0.4) is 0 Å². The summed E-state index contributed by atoms with van der Waals surface area (Å²) in [5, 5.41) is 6.31. The summed E-state index contributed by atoms with van der Waals surface area (Å²) in [6, 6.07) is 22.7. The van der Waals surface area contributed by atoms with Crippen LogP contribution in [0.5, 0.6) is 0 Å². The van der Waals surface area contributed by atoms with Crippen molar-refractivity contribution in [1.29, 1.82) is 0 Å². The van der Waals surface area contributed by atoms with Gasteiger partial charge in [-0.3, -0.25) is 0 Å². The number of hydrogen-bond acceptors (Lipinski definition) is 3. The molecule has 0 saturated carbocycles. The molecule has 0 saturated heterocycles. The lowest BCUT2D eigenvalue weighted by molar-refractivity contribution is 0.381. The molecule has 0 spiro atoms. The maximum atomic E-state index is 14.5. The van der Waals surface area contributed by atoms with E-state index in [-0.39, 0.29) is 5.56 Å². The van der Waals surface area contributed by atoms with Crippen LogP contribution in [0.15, 0.2) is 87.7 Å². The summed E-state index contributed by atoms with van der Waals surface area (Å²) in [5.41, 5.74) is 2.47. The summed E-state index contributed by atoms with van der Waals surface area (Å²) in [7, 11) is 0. The van der Waals surface area contributed by atoms with Gasteiger partial charge in [0.25, 0.3) is 0 Å². The molecule has 0 radical (unpaired) electrons. The van der Waals surface area contributed by atoms with Crippen LogP contribution in [0.2, 0.25) is 0 Å². The number of para-hydroxylation sites is 1. The minimum atomic E-state index is -2.20. The highest BCUT2D eigenvalue weighted by atomic mass is 19.2. The summed E-state index contributed by atoms with van der Waals surface area (Å²) < 4.78 is 82.3. The lowest BCUT2D eigenvalue weighted by Gasteiger charge is -2.10. The molecule has 0 unspecified atom stereocenters. The van der Waals surface area contributed by atoms with Crippen molar-refractivity contribution >= 4 is 55.3 Å². The zero-order valence-corrected chi connectivity index (χ0v) is 19.2. The molecule has 7 aromatic rings.